The second-order valence-electron chi connectivity index (χ2n) is 7.00. The molecule has 0 saturated carbocycles. The number of carbonyl (C=O) groups is 1. The number of ketones is 1. The van der Waals surface area contributed by atoms with Crippen molar-refractivity contribution in [3.8, 4) is 0 Å². The number of aliphatic hydroxyl groups is 3. The maximum Gasteiger partial charge on any atom is 0.164 e. The van der Waals surface area contributed by atoms with Gasteiger partial charge in [-0.25, -0.2) is 0 Å². The summed E-state index contributed by atoms with van der Waals surface area (Å²) < 4.78 is 0. The number of Topliss-reactive ketones (excluding diaryl/α,β-unsaturated/α-hetero) is 1. The lowest BCUT2D eigenvalue weighted by molar-refractivity contribution is -0.134. The zero-order valence-electron chi connectivity index (χ0n) is 16.2. The minimum Gasteiger partial charge on any atom is -0.394 e. The summed E-state index contributed by atoms with van der Waals surface area (Å²) in [6.07, 6.45) is 17.7. The van der Waals surface area contributed by atoms with Crippen LogP contribution in [-0.2, 0) is 4.79 Å². The van der Waals surface area contributed by atoms with E-state index in [4.69, 9.17) is 5.11 Å². The zero-order chi connectivity index (χ0) is 18.8. The van der Waals surface area contributed by atoms with E-state index in [2.05, 4.69) is 19.1 Å². The van der Waals surface area contributed by atoms with Crippen molar-refractivity contribution in [2.24, 2.45) is 0 Å². The summed E-state index contributed by atoms with van der Waals surface area (Å²) in [5, 5.41) is 27.3. The Morgan fingerprint density at radius 3 is 1.80 bits per heavy atom. The van der Waals surface area contributed by atoms with E-state index in [9.17, 15) is 15.0 Å². The van der Waals surface area contributed by atoms with Gasteiger partial charge < -0.3 is 15.3 Å². The maximum absolute atomic E-state index is 11.5. The van der Waals surface area contributed by atoms with Crippen LogP contribution in [0.5, 0.6) is 0 Å². The number of allylic oxidation sites excluding steroid dienone is 2. The summed E-state index contributed by atoms with van der Waals surface area (Å²) in [4.78, 5) is 11.5. The minimum absolute atomic E-state index is 0.274. The van der Waals surface area contributed by atoms with E-state index in [0.29, 0.717) is 0 Å². The second kappa shape index (κ2) is 18.1. The summed E-state index contributed by atoms with van der Waals surface area (Å²) in [7, 11) is 0. The first-order chi connectivity index (χ1) is 12.1. The quantitative estimate of drug-likeness (QED) is 0.252. The number of unbranched alkanes of at least 4 members (excludes halogenated alkanes) is 11. The van der Waals surface area contributed by atoms with Crippen LogP contribution >= 0.6 is 0 Å². The third-order valence-corrected chi connectivity index (χ3v) is 4.57. The molecule has 0 aromatic heterocycles. The summed E-state index contributed by atoms with van der Waals surface area (Å²) in [6, 6.07) is 0. The van der Waals surface area contributed by atoms with Crippen molar-refractivity contribution in [3.63, 3.8) is 0 Å². The van der Waals surface area contributed by atoms with Crippen molar-refractivity contribution >= 4 is 5.78 Å². The van der Waals surface area contributed by atoms with Crippen LogP contribution in [0.25, 0.3) is 0 Å². The van der Waals surface area contributed by atoms with E-state index in [1.165, 1.54) is 51.4 Å². The molecule has 0 amide bonds. The number of carbonyl (C=O) groups excluding carboxylic acids is 1. The van der Waals surface area contributed by atoms with E-state index in [1.807, 2.05) is 0 Å². The molecule has 0 spiro atoms. The zero-order valence-corrected chi connectivity index (χ0v) is 16.2. The second-order valence-corrected chi connectivity index (χ2v) is 7.00. The molecule has 0 fully saturated rings. The van der Waals surface area contributed by atoms with Gasteiger partial charge in [0.2, 0.25) is 0 Å². The lowest BCUT2D eigenvalue weighted by Gasteiger charge is -2.13. The Morgan fingerprint density at radius 1 is 0.800 bits per heavy atom. The molecule has 0 heterocycles. The molecule has 4 nitrogen and oxygen atoms in total. The van der Waals surface area contributed by atoms with Crippen LogP contribution in [-0.4, -0.2) is 39.9 Å². The first-order valence-electron chi connectivity index (χ1n) is 10.3. The Bertz CT molecular complexity index is 328. The van der Waals surface area contributed by atoms with Crippen LogP contribution in [0.4, 0.5) is 0 Å². The Morgan fingerprint density at radius 2 is 1.28 bits per heavy atom. The van der Waals surface area contributed by atoms with E-state index in [1.54, 1.807) is 0 Å². The molecule has 0 bridgehead atoms. The van der Waals surface area contributed by atoms with E-state index < -0.39 is 18.8 Å². The Labute approximate surface area is 154 Å². The fourth-order valence-electron chi connectivity index (χ4n) is 2.83. The molecule has 2 unspecified atom stereocenters. The smallest absolute Gasteiger partial charge is 0.164 e. The van der Waals surface area contributed by atoms with E-state index >= 15 is 0 Å². The lowest BCUT2D eigenvalue weighted by Crippen LogP contribution is -2.36. The van der Waals surface area contributed by atoms with E-state index in [0.717, 1.165) is 32.1 Å². The van der Waals surface area contributed by atoms with Crippen molar-refractivity contribution in [1.82, 2.24) is 0 Å². The summed E-state index contributed by atoms with van der Waals surface area (Å²) in [5.74, 6) is -0.376. The molecule has 0 aromatic rings. The van der Waals surface area contributed by atoms with Crippen LogP contribution in [0.2, 0.25) is 0 Å². The number of hydrogen-bond acceptors (Lipinski definition) is 4. The van der Waals surface area contributed by atoms with Crippen LogP contribution in [0.3, 0.4) is 0 Å². The maximum atomic E-state index is 11.5. The fourth-order valence-corrected chi connectivity index (χ4v) is 2.83. The van der Waals surface area contributed by atoms with Crippen molar-refractivity contribution < 1.29 is 20.1 Å². The van der Waals surface area contributed by atoms with Crippen molar-refractivity contribution in [2.75, 3.05) is 6.61 Å². The molecule has 3 N–H and O–H groups in total. The van der Waals surface area contributed by atoms with Gasteiger partial charge in [-0.2, -0.15) is 0 Å². The minimum atomic E-state index is -1.44. The first-order valence-corrected chi connectivity index (χ1v) is 10.3. The van der Waals surface area contributed by atoms with Gasteiger partial charge in [0.05, 0.1) is 6.61 Å². The molecule has 148 valence electrons. The lowest BCUT2D eigenvalue weighted by atomic mass is 10.1. The third-order valence-electron chi connectivity index (χ3n) is 4.57. The first kappa shape index (κ1) is 24.3. The molecule has 0 radical (unpaired) electrons. The van der Waals surface area contributed by atoms with Gasteiger partial charge in [0.15, 0.2) is 5.78 Å². The topological polar surface area (TPSA) is 77.8 Å². The molecule has 0 aliphatic rings. The highest BCUT2D eigenvalue weighted by molar-refractivity contribution is 5.83. The Balaban J connectivity index is 3.33. The number of rotatable bonds is 18. The average Bonchev–Trinajstić information content (AvgIpc) is 2.63. The molecule has 2 atom stereocenters. The average molecular weight is 359 g/mol. The third kappa shape index (κ3) is 15.3. The number of aliphatic hydroxyl groups excluding tert-OH is 3. The summed E-state index contributed by atoms with van der Waals surface area (Å²) in [6.45, 7) is 1.66. The highest BCUT2D eigenvalue weighted by Crippen LogP contribution is 2.11. The molecule has 0 rings (SSSR count). The van der Waals surface area contributed by atoms with Crippen molar-refractivity contribution in [2.45, 2.75) is 109 Å². The molecule has 4 heteroatoms. The summed E-state index contributed by atoms with van der Waals surface area (Å²) >= 11 is 0. The molecule has 0 aliphatic heterocycles. The largest absolute Gasteiger partial charge is 0.394 e. The van der Waals surface area contributed by atoms with Gasteiger partial charge in [-0.05, 0) is 32.1 Å². The monoisotopic (exact) mass is 358 g/mol. The van der Waals surface area contributed by atoms with E-state index in [-0.39, 0.29) is 12.2 Å². The predicted octanol–water partition coefficient (Wildman–Crippen LogP) is 4.31. The van der Waals surface area contributed by atoms with Gasteiger partial charge in [-0.3, -0.25) is 4.79 Å². The normalized spacial score (nSPS) is 14.1. The van der Waals surface area contributed by atoms with Gasteiger partial charge in [-0.15, -0.1) is 0 Å². The molecular weight excluding hydrogens is 318 g/mol. The highest BCUT2D eigenvalue weighted by atomic mass is 16.4. The summed E-state index contributed by atoms with van der Waals surface area (Å²) in [5.41, 5.74) is 0. The molecule has 0 aromatic carbocycles. The Kier molecular flexibility index (Phi) is 17.6. The van der Waals surface area contributed by atoms with Gasteiger partial charge in [-0.1, -0.05) is 70.4 Å². The SMILES string of the molecule is CCCCCCCC/C=C\CCCCCCC[14C](=O)C(O)C(O)CO. The van der Waals surface area contributed by atoms with Gasteiger partial charge in [0, 0.05) is 6.42 Å². The van der Waals surface area contributed by atoms with Crippen LogP contribution in [0, 0.1) is 0 Å². The molecular formula is C21H40O4. The number of hydrogen-bond donors (Lipinski definition) is 3. The van der Waals surface area contributed by atoms with Gasteiger partial charge in [0.1, 0.15) is 12.2 Å². The molecule has 25 heavy (non-hydrogen) atoms. The molecule has 0 aliphatic carbocycles. The molecule has 0 saturated heterocycles. The highest BCUT2D eigenvalue weighted by Gasteiger charge is 2.22. The van der Waals surface area contributed by atoms with Gasteiger partial charge >= 0.3 is 0 Å². The predicted molar refractivity (Wildman–Crippen MR) is 104 cm³/mol. The fraction of sp³-hybridized carbons (Fsp3) is 0.857. The van der Waals surface area contributed by atoms with Gasteiger partial charge in [0.25, 0.3) is 0 Å². The standard InChI is InChI=1S/C21H40O4/c1-2-3-4-5-6-7-8-9-10-11-12-13-14-15-16-17-19(23)21(25)20(24)18-22/h9-10,20-22,24-25H,2-8,11-18H2,1H3/b10-9-/i19+2. The van der Waals surface area contributed by atoms with Crippen molar-refractivity contribution in [3.05, 3.63) is 12.2 Å². The van der Waals surface area contributed by atoms with Crippen LogP contribution < -0.4 is 0 Å². The van der Waals surface area contributed by atoms with Crippen LogP contribution in [0.1, 0.15) is 96.8 Å². The van der Waals surface area contributed by atoms with Crippen LogP contribution in [0.15, 0.2) is 12.2 Å². The van der Waals surface area contributed by atoms with Crippen molar-refractivity contribution in [1.29, 1.82) is 0 Å². The Hall–Kier alpha value is -0.710.